The van der Waals surface area contributed by atoms with Crippen molar-refractivity contribution < 1.29 is 17.6 Å². The van der Waals surface area contributed by atoms with E-state index in [9.17, 15) is 18.0 Å². The monoisotopic (exact) mass is 385 g/mol. The average Bonchev–Trinajstić information content (AvgIpc) is 2.64. The van der Waals surface area contributed by atoms with Crippen molar-refractivity contribution in [3.8, 4) is 0 Å². The van der Waals surface area contributed by atoms with Crippen LogP contribution in [0.15, 0.2) is 73.8 Å². The number of amides is 1. The van der Waals surface area contributed by atoms with Gasteiger partial charge in [0.15, 0.2) is 0 Å². The number of fused-ring (bicyclic) bond motifs is 1. The first-order chi connectivity index (χ1) is 12.8. The lowest BCUT2D eigenvalue weighted by Crippen LogP contribution is -2.21. The van der Waals surface area contributed by atoms with Crippen LogP contribution in [0.5, 0.6) is 0 Å². The summed E-state index contributed by atoms with van der Waals surface area (Å²) in [6.45, 7) is 1.56. The van der Waals surface area contributed by atoms with Gasteiger partial charge in [0.05, 0.1) is 16.2 Å². The van der Waals surface area contributed by atoms with E-state index in [4.69, 9.17) is 9.56 Å². The van der Waals surface area contributed by atoms with Crippen molar-refractivity contribution in [3.05, 3.63) is 76.1 Å². The highest BCUT2D eigenvalue weighted by molar-refractivity contribution is 7.89. The molecule has 0 atom stereocenters. The van der Waals surface area contributed by atoms with Crippen molar-refractivity contribution in [2.75, 3.05) is 0 Å². The summed E-state index contributed by atoms with van der Waals surface area (Å²) in [5.74, 6) is -0.569. The van der Waals surface area contributed by atoms with Crippen molar-refractivity contribution >= 4 is 32.6 Å². The van der Waals surface area contributed by atoms with Crippen LogP contribution in [0.2, 0.25) is 0 Å². The van der Waals surface area contributed by atoms with Crippen LogP contribution in [0.25, 0.3) is 11.0 Å². The van der Waals surface area contributed by atoms with Crippen LogP contribution in [0.4, 0.5) is 0 Å². The highest BCUT2D eigenvalue weighted by Crippen LogP contribution is 2.13. The summed E-state index contributed by atoms with van der Waals surface area (Å²) < 4.78 is 27.7. The van der Waals surface area contributed by atoms with Crippen molar-refractivity contribution in [3.63, 3.8) is 0 Å². The van der Waals surface area contributed by atoms with E-state index in [1.54, 1.807) is 31.2 Å². The molecule has 3 aromatic rings. The lowest BCUT2D eigenvalue weighted by atomic mass is 10.1. The number of nitrogens with zero attached hydrogens (tertiary/aromatic N) is 1. The number of hydrogen-bond donors (Lipinski definition) is 2. The van der Waals surface area contributed by atoms with Gasteiger partial charge in [-0.25, -0.2) is 23.8 Å². The minimum Gasteiger partial charge on any atom is -0.422 e. The molecule has 0 fully saturated rings. The zero-order chi connectivity index (χ0) is 19.6. The third kappa shape index (κ3) is 4.10. The molecule has 1 aromatic heterocycles. The molecule has 0 saturated heterocycles. The van der Waals surface area contributed by atoms with Gasteiger partial charge in [0, 0.05) is 10.9 Å². The Bertz CT molecular complexity index is 1210. The predicted octanol–water partition coefficient (Wildman–Crippen LogP) is 1.59. The molecule has 27 heavy (non-hydrogen) atoms. The lowest BCUT2D eigenvalue weighted by Gasteiger charge is -2.04. The van der Waals surface area contributed by atoms with Gasteiger partial charge in [-0.1, -0.05) is 18.2 Å². The second-order valence-corrected chi connectivity index (χ2v) is 7.25. The summed E-state index contributed by atoms with van der Waals surface area (Å²) in [4.78, 5) is 24.1. The molecule has 8 nitrogen and oxygen atoms in total. The number of benzene rings is 2. The highest BCUT2D eigenvalue weighted by Gasteiger charge is 2.11. The van der Waals surface area contributed by atoms with Crippen LogP contribution < -0.4 is 16.2 Å². The maximum atomic E-state index is 12.1. The summed E-state index contributed by atoms with van der Waals surface area (Å²) in [6, 6.07) is 13.7. The molecule has 1 amide bonds. The Balaban J connectivity index is 1.82. The maximum Gasteiger partial charge on any atom is 0.345 e. The molecule has 0 aliphatic carbocycles. The fourth-order valence-electron chi connectivity index (χ4n) is 2.37. The van der Waals surface area contributed by atoms with E-state index in [0.717, 1.165) is 5.39 Å². The van der Waals surface area contributed by atoms with Gasteiger partial charge >= 0.3 is 5.63 Å². The molecular formula is C18H15N3O5S. The number of para-hydroxylation sites is 1. The van der Waals surface area contributed by atoms with Gasteiger partial charge in [0.2, 0.25) is 10.0 Å². The first kappa shape index (κ1) is 18.5. The molecule has 3 N–H and O–H groups in total. The maximum absolute atomic E-state index is 12.1. The van der Waals surface area contributed by atoms with Gasteiger partial charge in [-0.05, 0) is 43.3 Å². The van der Waals surface area contributed by atoms with E-state index in [-0.39, 0.29) is 21.7 Å². The Morgan fingerprint density at radius 2 is 1.78 bits per heavy atom. The van der Waals surface area contributed by atoms with Gasteiger partial charge in [-0.15, -0.1) is 0 Å². The van der Waals surface area contributed by atoms with Gasteiger partial charge < -0.3 is 4.42 Å². The minimum absolute atomic E-state index is 0.104. The molecular weight excluding hydrogens is 370 g/mol. The molecule has 0 bridgehead atoms. The van der Waals surface area contributed by atoms with Crippen LogP contribution in [0, 0.1) is 0 Å². The van der Waals surface area contributed by atoms with Crippen molar-refractivity contribution in [2.24, 2.45) is 10.2 Å². The highest BCUT2D eigenvalue weighted by atomic mass is 32.2. The van der Waals surface area contributed by atoms with Gasteiger partial charge in [-0.3, -0.25) is 4.79 Å². The molecule has 138 valence electrons. The largest absolute Gasteiger partial charge is 0.422 e. The zero-order valence-corrected chi connectivity index (χ0v) is 15.0. The summed E-state index contributed by atoms with van der Waals surface area (Å²) in [5, 5.41) is 9.66. The fraction of sp³-hybridized carbons (Fsp3) is 0.0556. The lowest BCUT2D eigenvalue weighted by molar-refractivity contribution is 0.0954. The van der Waals surface area contributed by atoms with Crippen molar-refractivity contribution in [1.82, 2.24) is 5.43 Å². The number of carbonyl (C=O) groups excluding carboxylic acids is 1. The molecule has 0 saturated carbocycles. The smallest absolute Gasteiger partial charge is 0.345 e. The molecule has 0 aliphatic heterocycles. The number of hydrogen-bond acceptors (Lipinski definition) is 6. The number of hydrazone groups is 1. The molecule has 0 radical (unpaired) electrons. The van der Waals surface area contributed by atoms with Crippen LogP contribution >= 0.6 is 0 Å². The minimum atomic E-state index is -3.83. The second kappa shape index (κ2) is 7.14. The quantitative estimate of drug-likeness (QED) is 0.400. The second-order valence-electron chi connectivity index (χ2n) is 5.69. The zero-order valence-electron chi connectivity index (χ0n) is 14.2. The Morgan fingerprint density at radius 3 is 2.44 bits per heavy atom. The topological polar surface area (TPSA) is 132 Å². The fourth-order valence-corrected chi connectivity index (χ4v) is 2.88. The number of rotatable bonds is 4. The number of carbonyl (C=O) groups is 1. The number of nitrogens with one attached hydrogen (secondary N) is 1. The SMILES string of the molecule is C/C(=N\NC(=O)c1ccc(S(N)(=O)=O)cc1)c1cc2ccccc2oc1=O. The molecule has 0 aliphatic rings. The molecule has 9 heteroatoms. The number of primary sulfonamides is 1. The molecule has 0 spiro atoms. The molecule has 0 unspecified atom stereocenters. The summed E-state index contributed by atoms with van der Waals surface area (Å²) >= 11 is 0. The first-order valence-corrected chi connectivity index (χ1v) is 9.31. The summed E-state index contributed by atoms with van der Waals surface area (Å²) in [5.41, 5.74) is 2.88. The van der Waals surface area contributed by atoms with Crippen LogP contribution in [-0.2, 0) is 10.0 Å². The van der Waals surface area contributed by atoms with Crippen LogP contribution in [0.1, 0.15) is 22.8 Å². The number of sulfonamides is 1. The van der Waals surface area contributed by atoms with Gasteiger partial charge in [0.1, 0.15) is 5.58 Å². The van der Waals surface area contributed by atoms with Crippen LogP contribution in [-0.4, -0.2) is 20.0 Å². The van der Waals surface area contributed by atoms with E-state index < -0.39 is 21.6 Å². The third-order valence-electron chi connectivity index (χ3n) is 3.80. The standard InChI is InChI=1S/C18H15N3O5S/c1-11(15-10-13-4-2-3-5-16(13)26-18(15)23)20-21-17(22)12-6-8-14(9-7-12)27(19,24)25/h2-10H,1H3,(H,21,22)(H2,19,24,25)/b20-11+. The van der Waals surface area contributed by atoms with Crippen molar-refractivity contribution in [2.45, 2.75) is 11.8 Å². The molecule has 3 rings (SSSR count). The van der Waals surface area contributed by atoms with Gasteiger partial charge in [-0.2, -0.15) is 5.10 Å². The summed E-state index contributed by atoms with van der Waals surface area (Å²) in [7, 11) is -3.83. The van der Waals surface area contributed by atoms with Gasteiger partial charge in [0.25, 0.3) is 5.91 Å². The van der Waals surface area contributed by atoms with Crippen molar-refractivity contribution in [1.29, 1.82) is 0 Å². The van der Waals surface area contributed by atoms with E-state index in [1.807, 2.05) is 6.07 Å². The Kier molecular flexibility index (Phi) is 4.89. The van der Waals surface area contributed by atoms with Crippen LogP contribution in [0.3, 0.4) is 0 Å². The number of nitrogens with two attached hydrogens (primary N) is 1. The average molecular weight is 385 g/mol. The van der Waals surface area contributed by atoms with E-state index in [2.05, 4.69) is 10.5 Å². The molecule has 2 aromatic carbocycles. The Morgan fingerprint density at radius 1 is 1.11 bits per heavy atom. The normalized spacial score (nSPS) is 12.1. The molecule has 1 heterocycles. The Hall–Kier alpha value is -3.30. The first-order valence-electron chi connectivity index (χ1n) is 7.76. The third-order valence-corrected chi connectivity index (χ3v) is 4.73. The van der Waals surface area contributed by atoms with E-state index >= 15 is 0 Å². The van der Waals surface area contributed by atoms with E-state index in [1.165, 1.54) is 24.3 Å². The summed E-state index contributed by atoms with van der Waals surface area (Å²) in [6.07, 6.45) is 0. The Labute approximate surface area is 154 Å². The van der Waals surface area contributed by atoms with E-state index in [0.29, 0.717) is 5.58 Å². The predicted molar refractivity (Wildman–Crippen MR) is 100.0 cm³/mol.